The Balaban J connectivity index is 2.32. The summed E-state index contributed by atoms with van der Waals surface area (Å²) in [6, 6.07) is 11.2. The minimum Gasteiger partial charge on any atom is -0.493 e. The average Bonchev–Trinajstić information content (AvgIpc) is 2.66. The van der Waals surface area contributed by atoms with Gasteiger partial charge in [0.05, 0.1) is 10.7 Å². The maximum Gasteiger partial charge on any atom is 0.266 e. The van der Waals surface area contributed by atoms with Gasteiger partial charge in [-0.25, -0.2) is 0 Å². The fourth-order valence-electron chi connectivity index (χ4n) is 2.56. The summed E-state index contributed by atoms with van der Waals surface area (Å²) in [5.74, 6) is 0.654. The molecule has 0 bridgehead atoms. The van der Waals surface area contributed by atoms with E-state index in [1.54, 1.807) is 12.1 Å². The van der Waals surface area contributed by atoms with Crippen LogP contribution in [-0.4, -0.2) is 19.6 Å². The highest BCUT2D eigenvalue weighted by Gasteiger charge is 2.14. The van der Waals surface area contributed by atoms with E-state index in [1.165, 1.54) is 13.2 Å². The number of aryl methyl sites for hydroxylation is 2. The maximum absolute atomic E-state index is 12.6. The summed E-state index contributed by atoms with van der Waals surface area (Å²) in [6.07, 6.45) is 3.18. The molecular weight excluding hydrogens is 467 g/mol. The first-order valence-electron chi connectivity index (χ1n) is 8.51. The molecule has 1 N–H and O–H groups in total. The van der Waals surface area contributed by atoms with Crippen molar-refractivity contribution in [3.8, 4) is 17.6 Å². The van der Waals surface area contributed by atoms with E-state index in [0.717, 1.165) is 14.7 Å². The van der Waals surface area contributed by atoms with Gasteiger partial charge in [-0.15, -0.1) is 0 Å². The molecule has 0 atom stereocenters. The third kappa shape index (κ3) is 5.36. The van der Waals surface area contributed by atoms with Gasteiger partial charge in [-0.2, -0.15) is 5.26 Å². The maximum atomic E-state index is 12.6. The predicted octanol–water partition coefficient (Wildman–Crippen LogP) is 5.03. The second-order valence-corrected chi connectivity index (χ2v) is 7.24. The van der Waals surface area contributed by atoms with Crippen molar-refractivity contribution in [2.45, 2.75) is 13.8 Å². The molecule has 0 saturated carbocycles. The van der Waals surface area contributed by atoms with Crippen LogP contribution in [0.2, 0.25) is 0 Å². The smallest absolute Gasteiger partial charge is 0.266 e. The van der Waals surface area contributed by atoms with E-state index in [9.17, 15) is 10.1 Å². The molecule has 0 fully saturated rings. The van der Waals surface area contributed by atoms with Gasteiger partial charge in [0.2, 0.25) is 0 Å². The van der Waals surface area contributed by atoms with Gasteiger partial charge in [-0.05, 0) is 71.8 Å². The lowest BCUT2D eigenvalue weighted by atomic mass is 10.1. The Morgan fingerprint density at radius 3 is 2.68 bits per heavy atom. The van der Waals surface area contributed by atoms with Crippen LogP contribution in [0.1, 0.15) is 16.7 Å². The fraction of sp³-hybridized carbons (Fsp3) is 0.182. The zero-order chi connectivity index (χ0) is 20.7. The lowest BCUT2D eigenvalue weighted by Gasteiger charge is -2.13. The average molecular weight is 488 g/mol. The lowest BCUT2D eigenvalue weighted by molar-refractivity contribution is -0.112. The van der Waals surface area contributed by atoms with Crippen LogP contribution in [0.5, 0.6) is 11.5 Å². The van der Waals surface area contributed by atoms with Gasteiger partial charge in [0.25, 0.3) is 5.91 Å². The summed E-state index contributed by atoms with van der Waals surface area (Å²) >= 11 is 2.12. The summed E-state index contributed by atoms with van der Waals surface area (Å²) in [4.78, 5) is 12.6. The molecule has 2 rings (SSSR count). The molecule has 0 aliphatic rings. The van der Waals surface area contributed by atoms with Crippen LogP contribution in [0.3, 0.4) is 0 Å². The van der Waals surface area contributed by atoms with E-state index in [-0.39, 0.29) is 5.57 Å². The zero-order valence-electron chi connectivity index (χ0n) is 16.0. The van der Waals surface area contributed by atoms with Crippen LogP contribution in [0.15, 0.2) is 48.6 Å². The zero-order valence-corrected chi connectivity index (χ0v) is 18.2. The topological polar surface area (TPSA) is 71.3 Å². The number of carbonyl (C=O) groups excluding carboxylic acids is 1. The Kier molecular flexibility index (Phi) is 7.64. The van der Waals surface area contributed by atoms with Crippen LogP contribution in [0.25, 0.3) is 6.08 Å². The lowest BCUT2D eigenvalue weighted by Crippen LogP contribution is -2.14. The standard InChI is InChI=1S/C22H21IN2O3/c1-5-8-28-21-18(23)11-16(12-20(21)27-4)10-17(13-24)22(26)25-19-7-6-14(2)9-15(19)3/h5-7,9-12H,1,8H2,2-4H3,(H,25,26)/b17-10-. The summed E-state index contributed by atoms with van der Waals surface area (Å²) in [6.45, 7) is 7.88. The minimum atomic E-state index is -0.463. The molecule has 144 valence electrons. The number of anilines is 1. The number of amides is 1. The molecule has 0 aromatic heterocycles. The van der Waals surface area contributed by atoms with Crippen molar-refractivity contribution >= 4 is 40.3 Å². The van der Waals surface area contributed by atoms with Crippen molar-refractivity contribution in [2.75, 3.05) is 19.0 Å². The summed E-state index contributed by atoms with van der Waals surface area (Å²) in [5.41, 5.74) is 3.38. The van der Waals surface area contributed by atoms with Crippen molar-refractivity contribution in [3.63, 3.8) is 0 Å². The van der Waals surface area contributed by atoms with Gasteiger partial charge in [0.15, 0.2) is 11.5 Å². The molecule has 0 heterocycles. The fourth-order valence-corrected chi connectivity index (χ4v) is 3.35. The van der Waals surface area contributed by atoms with E-state index in [0.29, 0.717) is 29.4 Å². The first-order valence-corrected chi connectivity index (χ1v) is 9.59. The molecule has 0 unspecified atom stereocenters. The molecule has 6 heteroatoms. The van der Waals surface area contributed by atoms with Crippen molar-refractivity contribution in [2.24, 2.45) is 0 Å². The van der Waals surface area contributed by atoms with Crippen LogP contribution in [-0.2, 0) is 4.79 Å². The monoisotopic (exact) mass is 488 g/mol. The van der Waals surface area contributed by atoms with E-state index >= 15 is 0 Å². The number of carbonyl (C=O) groups is 1. The van der Waals surface area contributed by atoms with E-state index in [1.807, 2.05) is 44.2 Å². The second kappa shape index (κ2) is 9.95. The van der Waals surface area contributed by atoms with Crippen LogP contribution >= 0.6 is 22.6 Å². The SMILES string of the molecule is C=CCOc1c(I)cc(/C=C(/C#N)C(=O)Nc2ccc(C)cc2C)cc1OC. The number of methoxy groups -OCH3 is 1. The molecule has 28 heavy (non-hydrogen) atoms. The van der Waals surface area contributed by atoms with Crippen molar-refractivity contribution in [3.05, 3.63) is 68.8 Å². The number of rotatable bonds is 7. The predicted molar refractivity (Wildman–Crippen MR) is 120 cm³/mol. The number of nitriles is 1. The first-order chi connectivity index (χ1) is 13.4. The van der Waals surface area contributed by atoms with Gasteiger partial charge in [-0.1, -0.05) is 30.4 Å². The molecule has 0 aliphatic heterocycles. The van der Waals surface area contributed by atoms with Gasteiger partial charge < -0.3 is 14.8 Å². The first kappa shape index (κ1) is 21.5. The highest BCUT2D eigenvalue weighted by Crippen LogP contribution is 2.34. The van der Waals surface area contributed by atoms with Gasteiger partial charge in [-0.3, -0.25) is 4.79 Å². The molecule has 0 radical (unpaired) electrons. The molecule has 2 aromatic carbocycles. The number of benzene rings is 2. The Bertz CT molecular complexity index is 974. The van der Waals surface area contributed by atoms with Gasteiger partial charge in [0.1, 0.15) is 18.2 Å². The third-order valence-electron chi connectivity index (χ3n) is 3.90. The quantitative estimate of drug-likeness (QED) is 0.257. The number of nitrogens with one attached hydrogen (secondary N) is 1. The Morgan fingerprint density at radius 2 is 2.07 bits per heavy atom. The highest BCUT2D eigenvalue weighted by atomic mass is 127. The van der Waals surface area contributed by atoms with Crippen LogP contribution in [0, 0.1) is 28.7 Å². The number of nitrogens with zero attached hydrogens (tertiary/aromatic N) is 1. The normalized spacial score (nSPS) is 10.8. The van der Waals surface area contributed by atoms with Crippen molar-refractivity contribution in [1.29, 1.82) is 5.26 Å². The highest BCUT2D eigenvalue weighted by molar-refractivity contribution is 14.1. The number of halogens is 1. The molecule has 5 nitrogen and oxygen atoms in total. The van der Waals surface area contributed by atoms with E-state index < -0.39 is 5.91 Å². The number of hydrogen-bond acceptors (Lipinski definition) is 4. The summed E-state index contributed by atoms with van der Waals surface area (Å²) in [5, 5.41) is 12.3. The van der Waals surface area contributed by atoms with Gasteiger partial charge >= 0.3 is 0 Å². The van der Waals surface area contributed by atoms with E-state index in [2.05, 4.69) is 34.5 Å². The molecular formula is C22H21IN2O3. The van der Waals surface area contributed by atoms with Crippen molar-refractivity contribution < 1.29 is 14.3 Å². The van der Waals surface area contributed by atoms with Crippen molar-refractivity contribution in [1.82, 2.24) is 0 Å². The second-order valence-electron chi connectivity index (χ2n) is 6.08. The Labute approximate surface area is 178 Å². The number of ether oxygens (including phenoxy) is 2. The number of hydrogen-bond donors (Lipinski definition) is 1. The third-order valence-corrected chi connectivity index (χ3v) is 4.70. The van der Waals surface area contributed by atoms with Crippen LogP contribution in [0.4, 0.5) is 5.69 Å². The molecule has 1 amide bonds. The molecule has 0 aliphatic carbocycles. The summed E-state index contributed by atoms with van der Waals surface area (Å²) < 4.78 is 11.8. The molecule has 0 saturated heterocycles. The van der Waals surface area contributed by atoms with Crippen LogP contribution < -0.4 is 14.8 Å². The Morgan fingerprint density at radius 1 is 1.32 bits per heavy atom. The Hall–Kier alpha value is -2.79. The van der Waals surface area contributed by atoms with Gasteiger partial charge in [0, 0.05) is 5.69 Å². The van der Waals surface area contributed by atoms with E-state index in [4.69, 9.17) is 9.47 Å². The molecule has 2 aromatic rings. The summed E-state index contributed by atoms with van der Waals surface area (Å²) in [7, 11) is 1.54. The molecule has 0 spiro atoms. The minimum absolute atomic E-state index is 0.00223. The largest absolute Gasteiger partial charge is 0.493 e.